The summed E-state index contributed by atoms with van der Waals surface area (Å²) in [6, 6.07) is 11.7. The number of rotatable bonds is 6. The molecule has 0 aliphatic carbocycles. The first kappa shape index (κ1) is 20.2. The second kappa shape index (κ2) is 8.07. The van der Waals surface area contributed by atoms with Crippen LogP contribution in [-0.2, 0) is 14.8 Å². The fraction of sp³-hybridized carbons (Fsp3) is 0.278. The molecule has 0 aliphatic rings. The molecule has 1 unspecified atom stereocenters. The molecule has 1 atom stereocenters. The average molecular weight is 397 g/mol. The number of benzene rings is 2. The second-order valence-electron chi connectivity index (χ2n) is 6.00. The topological polar surface area (TPSA) is 75.7 Å². The average Bonchev–Trinajstić information content (AvgIpc) is 2.56. The quantitative estimate of drug-likeness (QED) is 0.812. The summed E-state index contributed by atoms with van der Waals surface area (Å²) in [5.74, 6) is 0.182. The lowest BCUT2D eigenvalue weighted by Gasteiger charge is -2.17. The molecule has 8 heteroatoms. The first-order chi connectivity index (χ1) is 12.1. The molecular formula is C18H21ClN2O4S. The standard InChI is InChI=1S/C18H21ClN2O4S/c1-12-6-5-7-15(10-12)25-13(2)18(22)20-14-8-9-16(19)17(11-14)26(23,24)21(3)4/h5-11,13H,1-4H3,(H,20,22). The Kier molecular flexibility index (Phi) is 6.28. The molecule has 0 aromatic heterocycles. The molecule has 2 aromatic carbocycles. The van der Waals surface area contributed by atoms with Gasteiger partial charge in [0, 0.05) is 19.8 Å². The highest BCUT2D eigenvalue weighted by Gasteiger charge is 2.22. The molecule has 0 radical (unpaired) electrons. The third kappa shape index (κ3) is 4.75. The Labute approximate surface area is 158 Å². The van der Waals surface area contributed by atoms with E-state index in [4.69, 9.17) is 16.3 Å². The van der Waals surface area contributed by atoms with E-state index in [0.29, 0.717) is 11.4 Å². The van der Waals surface area contributed by atoms with Gasteiger partial charge in [0.25, 0.3) is 5.91 Å². The summed E-state index contributed by atoms with van der Waals surface area (Å²) in [6.45, 7) is 3.54. The van der Waals surface area contributed by atoms with Crippen molar-refractivity contribution in [2.45, 2.75) is 24.8 Å². The number of aryl methyl sites for hydroxylation is 1. The van der Waals surface area contributed by atoms with Crippen molar-refractivity contribution in [1.29, 1.82) is 0 Å². The van der Waals surface area contributed by atoms with Gasteiger partial charge in [-0.05, 0) is 49.7 Å². The number of amides is 1. The highest BCUT2D eigenvalue weighted by atomic mass is 35.5. The van der Waals surface area contributed by atoms with Crippen LogP contribution in [-0.4, -0.2) is 38.8 Å². The van der Waals surface area contributed by atoms with Crippen LogP contribution in [0.1, 0.15) is 12.5 Å². The number of nitrogens with one attached hydrogen (secondary N) is 1. The summed E-state index contributed by atoms with van der Waals surface area (Å²) in [6.07, 6.45) is -0.763. The second-order valence-corrected chi connectivity index (χ2v) is 8.53. The number of carbonyl (C=O) groups is 1. The summed E-state index contributed by atoms with van der Waals surface area (Å²) >= 11 is 6.00. The minimum absolute atomic E-state index is 0.0748. The molecule has 0 saturated carbocycles. The Morgan fingerprint density at radius 1 is 1.19 bits per heavy atom. The summed E-state index contributed by atoms with van der Waals surface area (Å²) in [5.41, 5.74) is 1.34. The molecule has 0 aliphatic heterocycles. The largest absolute Gasteiger partial charge is 0.481 e. The fourth-order valence-corrected chi connectivity index (χ4v) is 3.56. The van der Waals surface area contributed by atoms with Gasteiger partial charge in [-0.2, -0.15) is 0 Å². The van der Waals surface area contributed by atoms with Crippen molar-refractivity contribution in [3.8, 4) is 5.75 Å². The van der Waals surface area contributed by atoms with Crippen LogP contribution in [0.25, 0.3) is 0 Å². The van der Waals surface area contributed by atoms with Crippen LogP contribution in [0.3, 0.4) is 0 Å². The lowest BCUT2D eigenvalue weighted by atomic mass is 10.2. The Morgan fingerprint density at radius 2 is 1.88 bits per heavy atom. The van der Waals surface area contributed by atoms with Crippen molar-refractivity contribution in [1.82, 2.24) is 4.31 Å². The van der Waals surface area contributed by atoms with E-state index in [9.17, 15) is 13.2 Å². The number of halogens is 1. The molecule has 0 fully saturated rings. The zero-order chi connectivity index (χ0) is 19.5. The number of nitrogens with zero attached hydrogens (tertiary/aromatic N) is 1. The SMILES string of the molecule is Cc1cccc(OC(C)C(=O)Nc2ccc(Cl)c(S(=O)(=O)N(C)C)c2)c1. The van der Waals surface area contributed by atoms with Gasteiger partial charge in [-0.15, -0.1) is 0 Å². The van der Waals surface area contributed by atoms with E-state index in [1.165, 1.54) is 32.3 Å². The van der Waals surface area contributed by atoms with Crippen molar-refractivity contribution >= 4 is 33.2 Å². The van der Waals surface area contributed by atoms with Crippen LogP contribution in [0, 0.1) is 6.92 Å². The van der Waals surface area contributed by atoms with Gasteiger partial charge in [-0.25, -0.2) is 12.7 Å². The van der Waals surface area contributed by atoms with Gasteiger partial charge in [0.15, 0.2) is 6.10 Å². The smallest absolute Gasteiger partial charge is 0.265 e. The highest BCUT2D eigenvalue weighted by Crippen LogP contribution is 2.27. The predicted octanol–water partition coefficient (Wildman–Crippen LogP) is 3.30. The zero-order valence-corrected chi connectivity index (χ0v) is 16.6. The van der Waals surface area contributed by atoms with E-state index in [1.54, 1.807) is 13.0 Å². The number of ether oxygens (including phenoxy) is 1. The zero-order valence-electron chi connectivity index (χ0n) is 15.0. The molecule has 1 amide bonds. The lowest BCUT2D eigenvalue weighted by molar-refractivity contribution is -0.122. The Hall–Kier alpha value is -2.09. The Bertz CT molecular complexity index is 913. The summed E-state index contributed by atoms with van der Waals surface area (Å²) in [4.78, 5) is 12.3. The number of hydrogen-bond acceptors (Lipinski definition) is 4. The normalized spacial score (nSPS) is 12.7. The monoisotopic (exact) mass is 396 g/mol. The van der Waals surface area contributed by atoms with Crippen LogP contribution in [0.2, 0.25) is 5.02 Å². The van der Waals surface area contributed by atoms with Crippen molar-refractivity contribution in [3.05, 3.63) is 53.1 Å². The molecular weight excluding hydrogens is 376 g/mol. The molecule has 0 heterocycles. The van der Waals surface area contributed by atoms with E-state index >= 15 is 0 Å². The first-order valence-corrected chi connectivity index (χ1v) is 9.69. The van der Waals surface area contributed by atoms with E-state index < -0.39 is 22.0 Å². The summed E-state index contributed by atoms with van der Waals surface area (Å²) < 4.78 is 31.3. The number of hydrogen-bond donors (Lipinski definition) is 1. The Balaban J connectivity index is 2.16. The molecule has 0 spiro atoms. The third-order valence-corrected chi connectivity index (χ3v) is 5.93. The molecule has 0 bridgehead atoms. The van der Waals surface area contributed by atoms with E-state index in [0.717, 1.165) is 9.87 Å². The van der Waals surface area contributed by atoms with Gasteiger partial charge < -0.3 is 10.1 Å². The van der Waals surface area contributed by atoms with Crippen LogP contribution >= 0.6 is 11.6 Å². The molecule has 26 heavy (non-hydrogen) atoms. The van der Waals surface area contributed by atoms with Crippen LogP contribution in [0.15, 0.2) is 47.4 Å². The predicted molar refractivity (Wildman–Crippen MR) is 102 cm³/mol. The molecule has 140 valence electrons. The van der Waals surface area contributed by atoms with Crippen molar-refractivity contribution in [2.24, 2.45) is 0 Å². The maximum Gasteiger partial charge on any atom is 0.265 e. The van der Waals surface area contributed by atoms with E-state index in [1.807, 2.05) is 25.1 Å². The minimum atomic E-state index is -3.72. The summed E-state index contributed by atoms with van der Waals surface area (Å²) in [7, 11) is -0.898. The molecule has 2 aromatic rings. The maximum absolute atomic E-state index is 12.4. The molecule has 6 nitrogen and oxygen atoms in total. The molecule has 1 N–H and O–H groups in total. The Morgan fingerprint density at radius 3 is 2.50 bits per heavy atom. The van der Waals surface area contributed by atoms with Gasteiger partial charge in [-0.3, -0.25) is 4.79 Å². The molecule has 0 saturated heterocycles. The third-order valence-electron chi connectivity index (χ3n) is 3.63. The van der Waals surface area contributed by atoms with Crippen LogP contribution in [0.4, 0.5) is 5.69 Å². The minimum Gasteiger partial charge on any atom is -0.481 e. The maximum atomic E-state index is 12.4. The lowest BCUT2D eigenvalue weighted by Crippen LogP contribution is -2.30. The fourth-order valence-electron chi connectivity index (χ4n) is 2.17. The van der Waals surface area contributed by atoms with Crippen LogP contribution < -0.4 is 10.1 Å². The van der Waals surface area contributed by atoms with Crippen molar-refractivity contribution in [2.75, 3.05) is 19.4 Å². The number of anilines is 1. The van der Waals surface area contributed by atoms with Gasteiger partial charge in [0.2, 0.25) is 10.0 Å². The summed E-state index contributed by atoms with van der Waals surface area (Å²) in [5, 5.41) is 2.73. The van der Waals surface area contributed by atoms with Gasteiger partial charge in [-0.1, -0.05) is 23.7 Å². The van der Waals surface area contributed by atoms with Crippen molar-refractivity contribution in [3.63, 3.8) is 0 Å². The number of carbonyl (C=O) groups excluding carboxylic acids is 1. The van der Waals surface area contributed by atoms with E-state index in [2.05, 4.69) is 5.32 Å². The van der Waals surface area contributed by atoms with Crippen LogP contribution in [0.5, 0.6) is 5.75 Å². The van der Waals surface area contributed by atoms with Gasteiger partial charge in [0.05, 0.1) is 5.02 Å². The first-order valence-electron chi connectivity index (χ1n) is 7.87. The highest BCUT2D eigenvalue weighted by molar-refractivity contribution is 7.89. The van der Waals surface area contributed by atoms with Crippen molar-refractivity contribution < 1.29 is 17.9 Å². The van der Waals surface area contributed by atoms with E-state index in [-0.39, 0.29) is 9.92 Å². The number of sulfonamides is 1. The van der Waals surface area contributed by atoms with Gasteiger partial charge in [0.1, 0.15) is 10.6 Å². The molecule has 2 rings (SSSR count). The van der Waals surface area contributed by atoms with Gasteiger partial charge >= 0.3 is 0 Å².